The minimum atomic E-state index is -3.06. The summed E-state index contributed by atoms with van der Waals surface area (Å²) in [5.74, 6) is 0.644. The topological polar surface area (TPSA) is 63.7 Å². The van der Waals surface area contributed by atoms with Crippen molar-refractivity contribution in [3.05, 3.63) is 34.7 Å². The van der Waals surface area contributed by atoms with E-state index in [0.717, 1.165) is 11.3 Å². The fourth-order valence-electron chi connectivity index (χ4n) is 2.63. The Bertz CT molecular complexity index is 783. The molecule has 1 aromatic rings. The van der Waals surface area contributed by atoms with E-state index < -0.39 is 9.84 Å². The van der Waals surface area contributed by atoms with E-state index in [1.54, 1.807) is 13.2 Å². The average Bonchev–Trinajstić information content (AvgIpc) is 2.99. The number of amides is 1. The largest absolute Gasteiger partial charge is 0.497 e. The van der Waals surface area contributed by atoms with Crippen LogP contribution >= 0.6 is 24.0 Å². The van der Waals surface area contributed by atoms with E-state index in [-0.39, 0.29) is 23.5 Å². The number of ether oxygens (including phenoxy) is 1. The van der Waals surface area contributed by atoms with Crippen LogP contribution in [0.4, 0.5) is 0 Å². The first kappa shape index (κ1) is 16.5. The van der Waals surface area contributed by atoms with Crippen molar-refractivity contribution in [2.45, 2.75) is 12.5 Å². The first-order valence-corrected chi connectivity index (χ1v) is 10.1. The second-order valence-corrected chi connectivity index (χ2v) is 9.29. The zero-order valence-electron chi connectivity index (χ0n) is 12.4. The Morgan fingerprint density at radius 1 is 1.35 bits per heavy atom. The number of carbonyl (C=O) groups excluding carboxylic acids is 1. The van der Waals surface area contributed by atoms with E-state index in [1.807, 2.05) is 24.3 Å². The standard InChI is InChI=1S/C15H15NO4S3/c1-20-12-4-2-10(3-5-12)8-13-14(17)16(15(21)22-13)11-6-7-23(18,19)9-11/h2-5,8,11H,6-7,9H2,1H3/b13-8-/t11-/m1/s1. The summed E-state index contributed by atoms with van der Waals surface area (Å²) < 4.78 is 28.8. The van der Waals surface area contributed by atoms with Crippen molar-refractivity contribution in [3.63, 3.8) is 0 Å². The van der Waals surface area contributed by atoms with E-state index in [9.17, 15) is 13.2 Å². The predicted octanol–water partition coefficient (Wildman–Crippen LogP) is 2.08. The Balaban J connectivity index is 1.81. The minimum absolute atomic E-state index is 0.00471. The normalized spacial score (nSPS) is 25.3. The quantitative estimate of drug-likeness (QED) is 0.600. The molecule has 23 heavy (non-hydrogen) atoms. The highest BCUT2D eigenvalue weighted by atomic mass is 32.2. The van der Waals surface area contributed by atoms with Gasteiger partial charge in [-0.25, -0.2) is 8.42 Å². The molecule has 0 N–H and O–H groups in total. The molecular formula is C15H15NO4S3. The molecule has 2 heterocycles. The molecule has 2 aliphatic rings. The van der Waals surface area contributed by atoms with Crippen molar-refractivity contribution in [1.29, 1.82) is 0 Å². The predicted molar refractivity (Wildman–Crippen MR) is 95.1 cm³/mol. The second-order valence-electron chi connectivity index (χ2n) is 5.38. The summed E-state index contributed by atoms with van der Waals surface area (Å²) >= 11 is 6.49. The number of sulfone groups is 1. The van der Waals surface area contributed by atoms with Gasteiger partial charge in [-0.15, -0.1) is 0 Å². The van der Waals surface area contributed by atoms with Crippen molar-refractivity contribution in [1.82, 2.24) is 4.90 Å². The van der Waals surface area contributed by atoms with Gasteiger partial charge in [-0.05, 0) is 30.2 Å². The van der Waals surface area contributed by atoms with Gasteiger partial charge < -0.3 is 4.74 Å². The second kappa shape index (κ2) is 6.26. The molecule has 1 aromatic carbocycles. The molecule has 0 radical (unpaired) electrons. The van der Waals surface area contributed by atoms with Gasteiger partial charge in [-0.3, -0.25) is 9.69 Å². The van der Waals surface area contributed by atoms with Gasteiger partial charge in [0.15, 0.2) is 9.84 Å². The molecule has 0 bridgehead atoms. The van der Waals surface area contributed by atoms with Crippen LogP contribution in [0.2, 0.25) is 0 Å². The summed E-state index contributed by atoms with van der Waals surface area (Å²) in [5, 5.41) is 0. The molecule has 8 heteroatoms. The summed E-state index contributed by atoms with van der Waals surface area (Å²) in [5.41, 5.74) is 0.866. The highest BCUT2D eigenvalue weighted by Gasteiger charge is 2.42. The van der Waals surface area contributed by atoms with Gasteiger partial charge >= 0.3 is 0 Å². The van der Waals surface area contributed by atoms with E-state index >= 15 is 0 Å². The zero-order valence-corrected chi connectivity index (χ0v) is 14.8. The number of benzene rings is 1. The lowest BCUT2D eigenvalue weighted by atomic mass is 10.2. The van der Waals surface area contributed by atoms with E-state index in [2.05, 4.69) is 0 Å². The fourth-order valence-corrected chi connectivity index (χ4v) is 5.73. The lowest BCUT2D eigenvalue weighted by molar-refractivity contribution is -0.123. The Morgan fingerprint density at radius 3 is 2.61 bits per heavy atom. The average molecular weight is 369 g/mol. The molecule has 3 rings (SSSR count). The lowest BCUT2D eigenvalue weighted by Crippen LogP contribution is -2.39. The molecule has 5 nitrogen and oxygen atoms in total. The molecule has 2 aliphatic heterocycles. The number of rotatable bonds is 3. The van der Waals surface area contributed by atoms with Crippen molar-refractivity contribution < 1.29 is 17.9 Å². The molecule has 0 aromatic heterocycles. The Kier molecular flexibility index (Phi) is 4.48. The van der Waals surface area contributed by atoms with Crippen LogP contribution in [0.5, 0.6) is 5.75 Å². The van der Waals surface area contributed by atoms with Crippen LogP contribution in [0.1, 0.15) is 12.0 Å². The van der Waals surface area contributed by atoms with Gasteiger partial charge in [0.1, 0.15) is 10.1 Å². The smallest absolute Gasteiger partial charge is 0.266 e. The summed E-state index contributed by atoms with van der Waals surface area (Å²) in [4.78, 5) is 14.5. The Hall–Kier alpha value is -1.38. The maximum absolute atomic E-state index is 12.6. The number of nitrogens with zero attached hydrogens (tertiary/aromatic N) is 1. The lowest BCUT2D eigenvalue weighted by Gasteiger charge is -2.20. The Labute approximate surface area is 144 Å². The van der Waals surface area contributed by atoms with Gasteiger partial charge in [-0.1, -0.05) is 36.1 Å². The van der Waals surface area contributed by atoms with Crippen LogP contribution in [0.15, 0.2) is 29.2 Å². The third-order valence-electron chi connectivity index (χ3n) is 3.81. The van der Waals surface area contributed by atoms with Crippen LogP contribution in [-0.4, -0.2) is 48.2 Å². The third-order valence-corrected chi connectivity index (χ3v) is 6.89. The maximum Gasteiger partial charge on any atom is 0.266 e. The van der Waals surface area contributed by atoms with Crippen molar-refractivity contribution in [2.75, 3.05) is 18.6 Å². The van der Waals surface area contributed by atoms with Gasteiger partial charge in [0.2, 0.25) is 0 Å². The van der Waals surface area contributed by atoms with Gasteiger partial charge in [0.05, 0.1) is 29.6 Å². The highest BCUT2D eigenvalue weighted by Crippen LogP contribution is 2.36. The molecular weight excluding hydrogens is 354 g/mol. The molecule has 2 fully saturated rings. The SMILES string of the molecule is COc1ccc(/C=C2\SC(=S)N([C@@H]3CCS(=O)(=O)C3)C2=O)cc1. The molecule has 1 atom stereocenters. The molecule has 0 spiro atoms. The van der Waals surface area contributed by atoms with E-state index in [0.29, 0.717) is 15.6 Å². The number of hydrogen-bond donors (Lipinski definition) is 0. The molecule has 0 unspecified atom stereocenters. The van der Waals surface area contributed by atoms with E-state index in [1.165, 1.54) is 16.7 Å². The fraction of sp³-hybridized carbons (Fsp3) is 0.333. The van der Waals surface area contributed by atoms with Crippen LogP contribution in [0.3, 0.4) is 0 Å². The first-order chi connectivity index (χ1) is 10.9. The minimum Gasteiger partial charge on any atom is -0.497 e. The summed E-state index contributed by atoms with van der Waals surface area (Å²) in [6, 6.07) is 7.00. The Morgan fingerprint density at radius 2 is 2.04 bits per heavy atom. The number of thiocarbonyl (C=S) groups is 1. The molecule has 0 aliphatic carbocycles. The van der Waals surface area contributed by atoms with Gasteiger partial charge in [0.25, 0.3) is 5.91 Å². The summed E-state index contributed by atoms with van der Waals surface area (Å²) in [6.45, 7) is 0. The van der Waals surface area contributed by atoms with Crippen LogP contribution < -0.4 is 4.74 Å². The van der Waals surface area contributed by atoms with Gasteiger partial charge in [-0.2, -0.15) is 0 Å². The van der Waals surface area contributed by atoms with Crippen molar-refractivity contribution in [3.8, 4) is 5.75 Å². The van der Waals surface area contributed by atoms with Crippen molar-refractivity contribution in [2.24, 2.45) is 0 Å². The molecule has 2 saturated heterocycles. The third kappa shape index (κ3) is 3.44. The van der Waals surface area contributed by atoms with E-state index in [4.69, 9.17) is 17.0 Å². The van der Waals surface area contributed by atoms with Gasteiger partial charge in [0, 0.05) is 0 Å². The first-order valence-electron chi connectivity index (χ1n) is 7.01. The molecule has 122 valence electrons. The molecule has 0 saturated carbocycles. The van der Waals surface area contributed by atoms with Crippen LogP contribution in [0, 0.1) is 0 Å². The van der Waals surface area contributed by atoms with Crippen LogP contribution in [-0.2, 0) is 14.6 Å². The highest BCUT2D eigenvalue weighted by molar-refractivity contribution is 8.26. The number of carbonyl (C=O) groups is 1. The summed E-state index contributed by atoms with van der Waals surface area (Å²) in [7, 11) is -1.47. The van der Waals surface area contributed by atoms with Crippen molar-refractivity contribution >= 4 is 50.1 Å². The summed E-state index contributed by atoms with van der Waals surface area (Å²) in [6.07, 6.45) is 2.22. The molecule has 1 amide bonds. The maximum atomic E-state index is 12.6. The zero-order chi connectivity index (χ0) is 16.6. The number of thioether (sulfide) groups is 1. The van der Waals surface area contributed by atoms with Crippen LogP contribution in [0.25, 0.3) is 6.08 Å². The monoisotopic (exact) mass is 369 g/mol. The number of methoxy groups -OCH3 is 1. The number of hydrogen-bond acceptors (Lipinski definition) is 6.